The molecule has 18 heavy (non-hydrogen) atoms. The lowest BCUT2D eigenvalue weighted by atomic mass is 10.2. The van der Waals surface area contributed by atoms with Gasteiger partial charge in [-0.15, -0.1) is 0 Å². The van der Waals surface area contributed by atoms with E-state index >= 15 is 0 Å². The number of amides is 1. The number of halogens is 3. The van der Waals surface area contributed by atoms with Gasteiger partial charge in [0.2, 0.25) is 5.91 Å². The minimum atomic E-state index is -0.526. The summed E-state index contributed by atoms with van der Waals surface area (Å²) < 4.78 is 26.7. The van der Waals surface area contributed by atoms with E-state index in [1.807, 2.05) is 0 Å². The molecule has 1 N–H and O–H groups in total. The summed E-state index contributed by atoms with van der Waals surface area (Å²) in [5, 5.41) is 2.77. The van der Waals surface area contributed by atoms with Crippen molar-refractivity contribution in [3.05, 3.63) is 28.2 Å². The number of carbonyl (C=O) groups excluding carboxylic acids is 1. The number of benzene rings is 1. The molecule has 0 aliphatic heterocycles. The number of hydrogen-bond donors (Lipinski definition) is 1. The summed E-state index contributed by atoms with van der Waals surface area (Å²) in [6.07, 6.45) is 0.939. The van der Waals surface area contributed by atoms with E-state index in [2.05, 4.69) is 21.2 Å². The highest BCUT2D eigenvalue weighted by molar-refractivity contribution is 9.10. The van der Waals surface area contributed by atoms with E-state index in [1.165, 1.54) is 4.90 Å². The first-order valence-corrected chi connectivity index (χ1v) is 6.29. The van der Waals surface area contributed by atoms with E-state index in [0.29, 0.717) is 19.4 Å². The Morgan fingerprint density at radius 2 is 2.00 bits per heavy atom. The van der Waals surface area contributed by atoms with Crippen LogP contribution >= 0.6 is 15.9 Å². The highest BCUT2D eigenvalue weighted by Crippen LogP contribution is 2.23. The molecule has 0 aromatic heterocycles. The summed E-state index contributed by atoms with van der Waals surface area (Å²) in [6, 6.07) is 2.16. The minimum Gasteiger partial charge on any atom is -0.383 e. The summed E-state index contributed by atoms with van der Waals surface area (Å²) in [7, 11) is 3.36. The molecule has 0 fully saturated rings. The van der Waals surface area contributed by atoms with Gasteiger partial charge >= 0.3 is 0 Å². The SMILES string of the molecule is CN(C)C(=O)CCCNc1cc(F)c(Br)cc1F. The molecule has 0 heterocycles. The van der Waals surface area contributed by atoms with Crippen LogP contribution < -0.4 is 5.32 Å². The van der Waals surface area contributed by atoms with Crippen molar-refractivity contribution in [3.8, 4) is 0 Å². The van der Waals surface area contributed by atoms with Crippen molar-refractivity contribution in [1.29, 1.82) is 0 Å². The molecule has 6 heteroatoms. The number of hydrogen-bond acceptors (Lipinski definition) is 2. The highest BCUT2D eigenvalue weighted by Gasteiger charge is 2.08. The van der Waals surface area contributed by atoms with Gasteiger partial charge in [0.15, 0.2) is 0 Å². The fraction of sp³-hybridized carbons (Fsp3) is 0.417. The molecular formula is C12H15BrF2N2O. The van der Waals surface area contributed by atoms with Crippen LogP contribution in [0.1, 0.15) is 12.8 Å². The average molecular weight is 321 g/mol. The summed E-state index contributed by atoms with van der Waals surface area (Å²) >= 11 is 2.90. The summed E-state index contributed by atoms with van der Waals surface area (Å²) in [5.74, 6) is -1.04. The Balaban J connectivity index is 2.45. The molecule has 0 bridgehead atoms. The Bertz CT molecular complexity index is 438. The van der Waals surface area contributed by atoms with Gasteiger partial charge in [-0.3, -0.25) is 4.79 Å². The van der Waals surface area contributed by atoms with E-state index in [-0.39, 0.29) is 16.1 Å². The second-order valence-electron chi connectivity index (χ2n) is 4.06. The quantitative estimate of drug-likeness (QED) is 0.668. The Hall–Kier alpha value is -1.17. The lowest BCUT2D eigenvalue weighted by molar-refractivity contribution is -0.128. The molecule has 0 atom stereocenters. The van der Waals surface area contributed by atoms with Crippen LogP contribution in [0.2, 0.25) is 0 Å². The number of nitrogens with zero attached hydrogens (tertiary/aromatic N) is 1. The molecule has 100 valence electrons. The van der Waals surface area contributed by atoms with Gasteiger partial charge in [0.25, 0.3) is 0 Å². The van der Waals surface area contributed by atoms with Gasteiger partial charge in [-0.2, -0.15) is 0 Å². The van der Waals surface area contributed by atoms with E-state index in [1.54, 1.807) is 14.1 Å². The van der Waals surface area contributed by atoms with Crippen LogP contribution in [-0.4, -0.2) is 31.4 Å². The van der Waals surface area contributed by atoms with Gasteiger partial charge in [-0.25, -0.2) is 8.78 Å². The molecule has 0 saturated heterocycles. The zero-order valence-corrected chi connectivity index (χ0v) is 11.9. The molecule has 1 aromatic carbocycles. The van der Waals surface area contributed by atoms with Gasteiger partial charge in [0.1, 0.15) is 11.6 Å². The standard InChI is InChI=1S/C12H15BrF2N2O/c1-17(2)12(18)4-3-5-16-11-7-9(14)8(13)6-10(11)15/h6-7,16H,3-5H2,1-2H3. The molecule has 1 amide bonds. The molecule has 0 spiro atoms. The van der Waals surface area contributed by atoms with Gasteiger partial charge in [0, 0.05) is 33.1 Å². The molecular weight excluding hydrogens is 306 g/mol. The fourth-order valence-corrected chi connectivity index (χ4v) is 1.66. The third-order valence-corrected chi connectivity index (χ3v) is 3.00. The summed E-state index contributed by atoms with van der Waals surface area (Å²) in [5.41, 5.74) is 0.105. The highest BCUT2D eigenvalue weighted by atomic mass is 79.9. The number of rotatable bonds is 5. The van der Waals surface area contributed by atoms with E-state index < -0.39 is 11.6 Å². The molecule has 1 rings (SSSR count). The van der Waals surface area contributed by atoms with Crippen LogP contribution in [0, 0.1) is 11.6 Å². The first-order valence-electron chi connectivity index (χ1n) is 5.50. The second kappa shape index (κ2) is 6.68. The molecule has 0 aliphatic rings. The maximum Gasteiger partial charge on any atom is 0.222 e. The van der Waals surface area contributed by atoms with Crippen LogP contribution in [0.15, 0.2) is 16.6 Å². The predicted molar refractivity (Wildman–Crippen MR) is 70.5 cm³/mol. The predicted octanol–water partition coefficient (Wildman–Crippen LogP) is 3.01. The summed E-state index contributed by atoms with van der Waals surface area (Å²) in [6.45, 7) is 0.414. The average Bonchev–Trinajstić information content (AvgIpc) is 2.30. The van der Waals surface area contributed by atoms with Gasteiger partial charge in [-0.1, -0.05) is 0 Å². The van der Waals surface area contributed by atoms with Gasteiger partial charge < -0.3 is 10.2 Å². The van der Waals surface area contributed by atoms with Crippen LogP contribution in [0.5, 0.6) is 0 Å². The Labute approximate surface area is 113 Å². The third-order valence-electron chi connectivity index (χ3n) is 2.39. The maximum atomic E-state index is 13.4. The molecule has 0 aliphatic carbocycles. The zero-order valence-electron chi connectivity index (χ0n) is 10.3. The lowest BCUT2D eigenvalue weighted by Gasteiger charge is -2.11. The molecule has 1 aromatic rings. The van der Waals surface area contributed by atoms with Crippen molar-refractivity contribution in [2.45, 2.75) is 12.8 Å². The number of carbonyl (C=O) groups is 1. The van der Waals surface area contributed by atoms with Gasteiger partial charge in [0.05, 0.1) is 10.2 Å². The van der Waals surface area contributed by atoms with E-state index in [4.69, 9.17) is 0 Å². The van der Waals surface area contributed by atoms with Crippen molar-refractivity contribution in [3.63, 3.8) is 0 Å². The van der Waals surface area contributed by atoms with Crippen LogP contribution in [-0.2, 0) is 4.79 Å². The van der Waals surface area contributed by atoms with E-state index in [9.17, 15) is 13.6 Å². The number of anilines is 1. The van der Waals surface area contributed by atoms with Crippen molar-refractivity contribution in [2.24, 2.45) is 0 Å². The van der Waals surface area contributed by atoms with Gasteiger partial charge in [-0.05, 0) is 28.4 Å². The van der Waals surface area contributed by atoms with Crippen LogP contribution in [0.4, 0.5) is 14.5 Å². The number of nitrogens with one attached hydrogen (secondary N) is 1. The van der Waals surface area contributed by atoms with Crippen LogP contribution in [0.3, 0.4) is 0 Å². The topological polar surface area (TPSA) is 32.3 Å². The minimum absolute atomic E-state index is 0.0132. The van der Waals surface area contributed by atoms with E-state index in [0.717, 1.165) is 12.1 Å². The molecule has 0 unspecified atom stereocenters. The second-order valence-corrected chi connectivity index (χ2v) is 4.92. The zero-order chi connectivity index (χ0) is 13.7. The van der Waals surface area contributed by atoms with Crippen LogP contribution in [0.25, 0.3) is 0 Å². The Morgan fingerprint density at radius 1 is 1.33 bits per heavy atom. The van der Waals surface area contributed by atoms with Crippen molar-refractivity contribution >= 4 is 27.5 Å². The smallest absolute Gasteiger partial charge is 0.222 e. The van der Waals surface area contributed by atoms with Crippen molar-refractivity contribution in [1.82, 2.24) is 4.90 Å². The Kier molecular flexibility index (Phi) is 5.53. The molecule has 0 saturated carbocycles. The van der Waals surface area contributed by atoms with Crippen molar-refractivity contribution < 1.29 is 13.6 Å². The van der Waals surface area contributed by atoms with Crippen molar-refractivity contribution in [2.75, 3.05) is 26.0 Å². The fourth-order valence-electron chi connectivity index (χ4n) is 1.34. The lowest BCUT2D eigenvalue weighted by Crippen LogP contribution is -2.22. The normalized spacial score (nSPS) is 10.3. The third kappa shape index (κ3) is 4.25. The molecule has 0 radical (unpaired) electrons. The first-order chi connectivity index (χ1) is 8.41. The first kappa shape index (κ1) is 14.9. The Morgan fingerprint density at radius 3 is 2.61 bits per heavy atom. The summed E-state index contributed by atoms with van der Waals surface area (Å²) in [4.78, 5) is 12.8. The largest absolute Gasteiger partial charge is 0.383 e. The maximum absolute atomic E-state index is 13.4. The monoisotopic (exact) mass is 320 g/mol. The molecule has 3 nitrogen and oxygen atoms in total.